The van der Waals surface area contributed by atoms with Crippen molar-refractivity contribution in [2.45, 2.75) is 51.6 Å². The molecule has 2 aliphatic heterocycles. The second-order valence-corrected chi connectivity index (χ2v) is 8.25. The highest BCUT2D eigenvalue weighted by atomic mass is 16.2. The summed E-state index contributed by atoms with van der Waals surface area (Å²) in [6.07, 6.45) is 5.78. The molecule has 0 saturated carbocycles. The normalized spacial score (nSPS) is 22.5. The highest BCUT2D eigenvalue weighted by Crippen LogP contribution is 2.20. The fourth-order valence-electron chi connectivity index (χ4n) is 4.67. The summed E-state index contributed by atoms with van der Waals surface area (Å²) in [5.74, 6) is 1.36. The van der Waals surface area contributed by atoms with Crippen LogP contribution in [0.4, 0.5) is 0 Å². The molecule has 1 amide bonds. The number of benzene rings is 1. The maximum atomic E-state index is 12.9. The summed E-state index contributed by atoms with van der Waals surface area (Å²) >= 11 is 0. The van der Waals surface area contributed by atoms with Crippen molar-refractivity contribution in [2.24, 2.45) is 0 Å². The van der Waals surface area contributed by atoms with Crippen molar-refractivity contribution in [1.82, 2.24) is 24.7 Å². The second-order valence-electron chi connectivity index (χ2n) is 8.25. The van der Waals surface area contributed by atoms with Gasteiger partial charge in [0.1, 0.15) is 5.82 Å². The molecule has 0 spiro atoms. The molecule has 2 fully saturated rings. The highest BCUT2D eigenvalue weighted by molar-refractivity contribution is 5.78. The average Bonchev–Trinajstić information content (AvgIpc) is 3.01. The molecule has 1 aromatic heterocycles. The zero-order valence-corrected chi connectivity index (χ0v) is 17.1. The van der Waals surface area contributed by atoms with E-state index in [0.717, 1.165) is 75.4 Å². The molecule has 0 bridgehead atoms. The van der Waals surface area contributed by atoms with Gasteiger partial charge in [0.2, 0.25) is 5.91 Å². The molecular weight excluding hydrogens is 350 g/mol. The number of para-hydroxylation sites is 2. The van der Waals surface area contributed by atoms with Crippen LogP contribution in [0.3, 0.4) is 0 Å². The van der Waals surface area contributed by atoms with Gasteiger partial charge in [0.15, 0.2) is 0 Å². The van der Waals surface area contributed by atoms with E-state index in [0.29, 0.717) is 18.5 Å². The first-order valence-electron chi connectivity index (χ1n) is 10.9. The average molecular weight is 384 g/mol. The van der Waals surface area contributed by atoms with Crippen molar-refractivity contribution in [3.05, 3.63) is 30.1 Å². The van der Waals surface area contributed by atoms with Crippen molar-refractivity contribution >= 4 is 16.9 Å². The summed E-state index contributed by atoms with van der Waals surface area (Å²) < 4.78 is 0. The molecule has 1 atom stereocenters. The number of H-pyrrole nitrogens is 1. The van der Waals surface area contributed by atoms with Gasteiger partial charge in [-0.05, 0) is 57.3 Å². The van der Waals surface area contributed by atoms with Crippen LogP contribution in [-0.4, -0.2) is 75.9 Å². The first kappa shape index (κ1) is 19.4. The van der Waals surface area contributed by atoms with E-state index in [9.17, 15) is 4.79 Å². The number of nitrogens with zero attached hydrogens (tertiary/aromatic N) is 4. The molecule has 1 unspecified atom stereocenters. The van der Waals surface area contributed by atoms with E-state index < -0.39 is 0 Å². The van der Waals surface area contributed by atoms with Crippen LogP contribution in [0.1, 0.15) is 44.9 Å². The number of nitrogens with one attached hydrogen (secondary N) is 1. The van der Waals surface area contributed by atoms with Gasteiger partial charge >= 0.3 is 0 Å². The highest BCUT2D eigenvalue weighted by Gasteiger charge is 2.27. The van der Waals surface area contributed by atoms with E-state index in [1.165, 1.54) is 12.8 Å². The molecule has 152 valence electrons. The van der Waals surface area contributed by atoms with Gasteiger partial charge in [-0.25, -0.2) is 4.98 Å². The number of aromatic nitrogens is 2. The number of carbonyl (C=O) groups is 1. The largest absolute Gasteiger partial charge is 0.341 e. The number of rotatable bonds is 5. The molecule has 0 radical (unpaired) electrons. The van der Waals surface area contributed by atoms with E-state index in [4.69, 9.17) is 4.98 Å². The van der Waals surface area contributed by atoms with E-state index in [2.05, 4.69) is 38.7 Å². The molecule has 2 aromatic rings. The molecule has 6 nitrogen and oxygen atoms in total. The maximum Gasteiger partial charge on any atom is 0.236 e. The lowest BCUT2D eigenvalue weighted by molar-refractivity contribution is -0.136. The van der Waals surface area contributed by atoms with Gasteiger partial charge in [-0.1, -0.05) is 19.1 Å². The van der Waals surface area contributed by atoms with Gasteiger partial charge in [0.25, 0.3) is 0 Å². The lowest BCUT2D eigenvalue weighted by Gasteiger charge is -2.36. The third kappa shape index (κ3) is 4.55. The fraction of sp³-hybridized carbons (Fsp3) is 0.636. The standard InChI is InChI=1S/C22H33N5O/c1-2-18-8-5-6-13-27(18)22(28)17-26-12-7-11-25(14-15-26)16-21-23-19-9-3-4-10-20(19)24-21/h3-4,9-10,18H,2,5-8,11-17H2,1H3,(H,23,24). The third-order valence-electron chi connectivity index (χ3n) is 6.27. The summed E-state index contributed by atoms with van der Waals surface area (Å²) in [5.41, 5.74) is 2.14. The summed E-state index contributed by atoms with van der Waals surface area (Å²) in [7, 11) is 0. The van der Waals surface area contributed by atoms with Crippen LogP contribution < -0.4 is 0 Å². The number of aromatic amines is 1. The number of likely N-dealkylation sites (tertiary alicyclic amines) is 1. The van der Waals surface area contributed by atoms with Crippen molar-refractivity contribution in [3.8, 4) is 0 Å². The second kappa shape index (κ2) is 9.05. The Labute approximate surface area is 167 Å². The molecule has 2 saturated heterocycles. The minimum atomic E-state index is 0.331. The minimum Gasteiger partial charge on any atom is -0.341 e. The van der Waals surface area contributed by atoms with Gasteiger partial charge in [0, 0.05) is 25.7 Å². The minimum absolute atomic E-state index is 0.331. The quantitative estimate of drug-likeness (QED) is 0.863. The fourth-order valence-corrected chi connectivity index (χ4v) is 4.67. The van der Waals surface area contributed by atoms with Crippen molar-refractivity contribution in [3.63, 3.8) is 0 Å². The van der Waals surface area contributed by atoms with Crippen LogP contribution in [-0.2, 0) is 11.3 Å². The zero-order chi connectivity index (χ0) is 19.3. The SMILES string of the molecule is CCC1CCCCN1C(=O)CN1CCCN(Cc2nc3ccccc3[nH]2)CC1. The lowest BCUT2D eigenvalue weighted by Crippen LogP contribution is -2.48. The summed E-state index contributed by atoms with van der Waals surface area (Å²) in [4.78, 5) is 28.0. The van der Waals surface area contributed by atoms with Crippen LogP contribution in [0.2, 0.25) is 0 Å². The molecule has 1 aromatic carbocycles. The first-order chi connectivity index (χ1) is 13.7. The van der Waals surface area contributed by atoms with Gasteiger partial charge in [-0.3, -0.25) is 14.6 Å². The van der Waals surface area contributed by atoms with Gasteiger partial charge in [-0.15, -0.1) is 0 Å². The van der Waals surface area contributed by atoms with Gasteiger partial charge < -0.3 is 9.88 Å². The number of fused-ring (bicyclic) bond motifs is 1. The number of piperidine rings is 1. The molecule has 28 heavy (non-hydrogen) atoms. The predicted octanol–water partition coefficient (Wildman–Crippen LogP) is 2.86. The number of carbonyl (C=O) groups excluding carboxylic acids is 1. The monoisotopic (exact) mass is 383 g/mol. The van der Waals surface area contributed by atoms with E-state index >= 15 is 0 Å². The van der Waals surface area contributed by atoms with Crippen LogP contribution in [0.25, 0.3) is 11.0 Å². The van der Waals surface area contributed by atoms with Crippen LogP contribution in [0.5, 0.6) is 0 Å². The number of imidazole rings is 1. The van der Waals surface area contributed by atoms with Gasteiger partial charge in [0.05, 0.1) is 24.1 Å². The smallest absolute Gasteiger partial charge is 0.236 e. The Bertz CT molecular complexity index is 755. The van der Waals surface area contributed by atoms with Crippen LogP contribution in [0, 0.1) is 0 Å². The Balaban J connectivity index is 1.30. The maximum absolute atomic E-state index is 12.9. The van der Waals surface area contributed by atoms with E-state index in [1.54, 1.807) is 0 Å². The summed E-state index contributed by atoms with van der Waals surface area (Å²) in [6, 6.07) is 8.65. The number of hydrogen-bond donors (Lipinski definition) is 1. The predicted molar refractivity (Wildman–Crippen MR) is 112 cm³/mol. The number of amides is 1. The van der Waals surface area contributed by atoms with E-state index in [-0.39, 0.29) is 0 Å². The van der Waals surface area contributed by atoms with E-state index in [1.807, 2.05) is 12.1 Å². The molecule has 2 aliphatic rings. The molecule has 1 N–H and O–H groups in total. The Morgan fingerprint density at radius 1 is 1.07 bits per heavy atom. The third-order valence-corrected chi connectivity index (χ3v) is 6.27. The molecular formula is C22H33N5O. The Morgan fingerprint density at radius 2 is 1.89 bits per heavy atom. The topological polar surface area (TPSA) is 55.5 Å². The summed E-state index contributed by atoms with van der Waals surface area (Å²) in [6.45, 7) is 8.59. The Hall–Kier alpha value is -1.92. The first-order valence-corrected chi connectivity index (χ1v) is 10.9. The zero-order valence-electron chi connectivity index (χ0n) is 17.1. The molecule has 0 aliphatic carbocycles. The number of hydrogen-bond acceptors (Lipinski definition) is 4. The van der Waals surface area contributed by atoms with Gasteiger partial charge in [-0.2, -0.15) is 0 Å². The molecule has 6 heteroatoms. The van der Waals surface area contributed by atoms with Crippen molar-refractivity contribution in [2.75, 3.05) is 39.3 Å². The Kier molecular flexibility index (Phi) is 6.27. The molecule has 4 rings (SSSR count). The molecule has 3 heterocycles. The van der Waals surface area contributed by atoms with Crippen molar-refractivity contribution in [1.29, 1.82) is 0 Å². The summed E-state index contributed by atoms with van der Waals surface area (Å²) in [5, 5.41) is 0. The Morgan fingerprint density at radius 3 is 2.75 bits per heavy atom. The lowest BCUT2D eigenvalue weighted by atomic mass is 10.00. The van der Waals surface area contributed by atoms with Crippen LogP contribution in [0.15, 0.2) is 24.3 Å². The van der Waals surface area contributed by atoms with Crippen molar-refractivity contribution < 1.29 is 4.79 Å². The van der Waals surface area contributed by atoms with Crippen LogP contribution >= 0.6 is 0 Å².